The third kappa shape index (κ3) is 5.47. The van der Waals surface area contributed by atoms with Gasteiger partial charge >= 0.3 is 0 Å². The van der Waals surface area contributed by atoms with Crippen molar-refractivity contribution in [2.45, 2.75) is 0 Å². The molecule has 0 fully saturated rings. The van der Waals surface area contributed by atoms with Crippen LogP contribution in [0.3, 0.4) is 0 Å². The lowest BCUT2D eigenvalue weighted by Gasteiger charge is -1.85. The van der Waals surface area contributed by atoms with E-state index in [1.807, 2.05) is 66.7 Å². The smallest absolute Gasteiger partial charge is 0.0872 e. The van der Waals surface area contributed by atoms with Crippen LogP contribution in [0.2, 0.25) is 0 Å². The maximum atomic E-state index is 11.5. The van der Waals surface area contributed by atoms with Crippen molar-refractivity contribution in [1.29, 1.82) is 0 Å². The Morgan fingerprint density at radius 3 is 1.59 bits per heavy atom. The molecule has 0 nitrogen and oxygen atoms in total. The minimum Gasteiger partial charge on any atom is -0.216 e. The Kier molecular flexibility index (Phi) is 6.12. The van der Waals surface area contributed by atoms with Gasteiger partial charge in [-0.05, 0) is 17.2 Å². The van der Waals surface area contributed by atoms with Gasteiger partial charge in [-0.3, -0.25) is 0 Å². The molecule has 2 aromatic carbocycles. The first-order chi connectivity index (χ1) is 8.36. The summed E-state index contributed by atoms with van der Waals surface area (Å²) in [6.45, 7) is 3.63. The van der Waals surface area contributed by atoms with Gasteiger partial charge in [0, 0.05) is 0 Å². The first kappa shape index (κ1) is 12.9. The molecule has 17 heavy (non-hydrogen) atoms. The summed E-state index contributed by atoms with van der Waals surface area (Å²) in [5.41, 5.74) is 2.06. The van der Waals surface area contributed by atoms with Gasteiger partial charge in [0.1, 0.15) is 0 Å². The van der Waals surface area contributed by atoms with Crippen molar-refractivity contribution in [2.24, 2.45) is 0 Å². The summed E-state index contributed by atoms with van der Waals surface area (Å²) in [5.74, 6) is 0. The highest BCUT2D eigenvalue weighted by Crippen LogP contribution is 2.00. The van der Waals surface area contributed by atoms with Crippen LogP contribution < -0.4 is 0 Å². The highest BCUT2D eigenvalue weighted by atomic mass is 19.1. The number of benzene rings is 2. The molecule has 0 aliphatic rings. The number of halogens is 1. The van der Waals surface area contributed by atoms with Crippen LogP contribution in [-0.2, 0) is 0 Å². The summed E-state index contributed by atoms with van der Waals surface area (Å²) in [6.07, 6.45) is 3.79. The van der Waals surface area contributed by atoms with Gasteiger partial charge in [0.25, 0.3) is 0 Å². The van der Waals surface area contributed by atoms with Gasteiger partial charge < -0.3 is 0 Å². The molecule has 0 aromatic heterocycles. The van der Waals surface area contributed by atoms with Gasteiger partial charge in [-0.1, -0.05) is 73.3 Å². The van der Waals surface area contributed by atoms with Crippen LogP contribution >= 0.6 is 0 Å². The lowest BCUT2D eigenvalue weighted by molar-refractivity contribution is 0.727. The van der Waals surface area contributed by atoms with Crippen LogP contribution in [-0.4, -0.2) is 0 Å². The first-order valence-corrected chi connectivity index (χ1v) is 5.36. The molecule has 0 bridgehead atoms. The largest absolute Gasteiger partial charge is 0.216 e. The lowest BCUT2D eigenvalue weighted by atomic mass is 10.2. The Hall–Kier alpha value is -2.15. The fraction of sp³-hybridized carbons (Fsp3) is 0. The van der Waals surface area contributed by atoms with Crippen molar-refractivity contribution in [3.05, 3.63) is 84.7 Å². The molecule has 0 radical (unpaired) electrons. The molecule has 2 aromatic rings. The minimum atomic E-state index is 0.537. The van der Waals surface area contributed by atoms with Crippen molar-refractivity contribution in [3.63, 3.8) is 0 Å². The first-order valence-electron chi connectivity index (χ1n) is 5.36. The summed E-state index contributed by atoms with van der Waals surface area (Å²) in [5, 5.41) is 0. The van der Waals surface area contributed by atoms with Crippen LogP contribution in [0, 0.1) is 0 Å². The Bertz CT molecular complexity index is 443. The summed E-state index contributed by atoms with van der Waals surface area (Å²) in [4.78, 5) is 0. The van der Waals surface area contributed by atoms with Gasteiger partial charge in [0.2, 0.25) is 0 Å². The van der Waals surface area contributed by atoms with E-state index in [1.165, 1.54) is 11.6 Å². The Morgan fingerprint density at radius 2 is 1.24 bits per heavy atom. The molecule has 0 saturated carbocycles. The molecule has 0 spiro atoms. The second-order valence-electron chi connectivity index (χ2n) is 3.32. The van der Waals surface area contributed by atoms with Crippen LogP contribution in [0.15, 0.2) is 73.6 Å². The van der Waals surface area contributed by atoms with Gasteiger partial charge in [0.15, 0.2) is 0 Å². The summed E-state index contributed by atoms with van der Waals surface area (Å²) in [7, 11) is 0. The van der Waals surface area contributed by atoms with Crippen LogP contribution in [0.5, 0.6) is 0 Å². The second kappa shape index (κ2) is 8.05. The van der Waals surface area contributed by atoms with Crippen molar-refractivity contribution in [3.8, 4) is 0 Å². The molecule has 0 aliphatic carbocycles. The Morgan fingerprint density at radius 1 is 0.765 bits per heavy atom. The van der Waals surface area contributed by atoms with Gasteiger partial charge in [-0.25, -0.2) is 4.39 Å². The van der Waals surface area contributed by atoms with E-state index in [-0.39, 0.29) is 0 Å². The van der Waals surface area contributed by atoms with E-state index in [2.05, 4.69) is 6.58 Å². The predicted octanol–water partition coefficient (Wildman–Crippen LogP) is 4.96. The summed E-state index contributed by atoms with van der Waals surface area (Å²) < 4.78 is 11.5. The maximum Gasteiger partial charge on any atom is 0.0872 e. The van der Waals surface area contributed by atoms with Gasteiger partial charge in [-0.2, -0.15) is 0 Å². The van der Waals surface area contributed by atoms with E-state index >= 15 is 0 Å². The molecule has 1 heteroatoms. The molecular weight excluding hydrogens is 211 g/mol. The Balaban J connectivity index is 0.000000171. The number of rotatable bonds is 2. The molecular formula is C16H15F. The average molecular weight is 226 g/mol. The zero-order valence-electron chi connectivity index (χ0n) is 9.59. The van der Waals surface area contributed by atoms with Gasteiger partial charge in [0.05, 0.1) is 6.33 Å². The van der Waals surface area contributed by atoms with Crippen molar-refractivity contribution in [1.82, 2.24) is 0 Å². The molecule has 0 amide bonds. The molecule has 0 aliphatic heterocycles. The summed E-state index contributed by atoms with van der Waals surface area (Å²) in [6, 6.07) is 19.4. The van der Waals surface area contributed by atoms with Crippen molar-refractivity contribution >= 4 is 12.2 Å². The zero-order valence-corrected chi connectivity index (χ0v) is 9.59. The third-order valence-corrected chi connectivity index (χ3v) is 2.09. The minimum absolute atomic E-state index is 0.537. The third-order valence-electron chi connectivity index (χ3n) is 2.09. The van der Waals surface area contributed by atoms with E-state index in [0.717, 1.165) is 5.56 Å². The molecule has 0 saturated heterocycles. The quantitative estimate of drug-likeness (QED) is 0.679. The molecule has 0 atom stereocenters. The van der Waals surface area contributed by atoms with Crippen molar-refractivity contribution in [2.75, 3.05) is 0 Å². The standard InChI is InChI=1S/C8H7F.C8H8/c9-7-6-8-4-2-1-3-5-8;1-2-8-6-4-3-5-7-8/h1-7H;2-7H,1H2. The van der Waals surface area contributed by atoms with E-state index in [9.17, 15) is 4.39 Å². The Labute approximate surface area is 102 Å². The highest BCUT2D eigenvalue weighted by molar-refractivity contribution is 5.47. The summed E-state index contributed by atoms with van der Waals surface area (Å²) >= 11 is 0. The fourth-order valence-electron chi connectivity index (χ4n) is 1.23. The topological polar surface area (TPSA) is 0 Å². The lowest BCUT2D eigenvalue weighted by Crippen LogP contribution is -1.65. The van der Waals surface area contributed by atoms with E-state index < -0.39 is 0 Å². The van der Waals surface area contributed by atoms with E-state index in [4.69, 9.17) is 0 Å². The fourth-order valence-corrected chi connectivity index (χ4v) is 1.23. The van der Waals surface area contributed by atoms with Gasteiger partial charge in [-0.15, -0.1) is 0 Å². The van der Waals surface area contributed by atoms with Crippen LogP contribution in [0.4, 0.5) is 4.39 Å². The SMILES string of the molecule is C=Cc1ccccc1.FC=Cc1ccccc1. The molecule has 2 rings (SSSR count). The monoisotopic (exact) mass is 226 g/mol. The molecule has 0 heterocycles. The van der Waals surface area contributed by atoms with Crippen molar-refractivity contribution < 1.29 is 4.39 Å². The van der Waals surface area contributed by atoms with E-state index in [0.29, 0.717) is 6.33 Å². The second-order valence-corrected chi connectivity index (χ2v) is 3.32. The van der Waals surface area contributed by atoms with Crippen LogP contribution in [0.25, 0.3) is 12.2 Å². The average Bonchev–Trinajstić information content (AvgIpc) is 2.42. The van der Waals surface area contributed by atoms with E-state index in [1.54, 1.807) is 0 Å². The predicted molar refractivity (Wildman–Crippen MR) is 73.1 cm³/mol. The number of hydrogen-bond donors (Lipinski definition) is 0. The normalized spacial score (nSPS) is 9.47. The zero-order chi connectivity index (χ0) is 12.3. The highest BCUT2D eigenvalue weighted by Gasteiger charge is 1.78. The molecule has 0 N–H and O–H groups in total. The maximum absolute atomic E-state index is 11.5. The molecule has 0 unspecified atom stereocenters. The molecule has 86 valence electrons. The van der Waals surface area contributed by atoms with Crippen LogP contribution in [0.1, 0.15) is 11.1 Å². The number of hydrogen-bond acceptors (Lipinski definition) is 0.